The minimum absolute atomic E-state index is 0.143. The van der Waals surface area contributed by atoms with E-state index in [9.17, 15) is 4.79 Å². The highest BCUT2D eigenvalue weighted by atomic mass is 16.3. The van der Waals surface area contributed by atoms with Gasteiger partial charge in [0.25, 0.3) is 0 Å². The van der Waals surface area contributed by atoms with E-state index in [2.05, 4.69) is 27.7 Å². The first-order valence-electron chi connectivity index (χ1n) is 8.96. The SMILES string of the molecule is CN(C)Cc1ccc(CCCCCCNC(=O)Nc2ccccc2)o1. The van der Waals surface area contributed by atoms with Gasteiger partial charge < -0.3 is 20.0 Å². The molecule has 5 nitrogen and oxygen atoms in total. The maximum atomic E-state index is 11.7. The summed E-state index contributed by atoms with van der Waals surface area (Å²) in [5, 5.41) is 5.70. The first-order valence-corrected chi connectivity index (χ1v) is 8.96. The predicted molar refractivity (Wildman–Crippen MR) is 102 cm³/mol. The third-order valence-electron chi connectivity index (χ3n) is 3.86. The van der Waals surface area contributed by atoms with Crippen molar-refractivity contribution in [3.8, 4) is 0 Å². The van der Waals surface area contributed by atoms with Crippen LogP contribution in [0.1, 0.15) is 37.2 Å². The average molecular weight is 343 g/mol. The van der Waals surface area contributed by atoms with Crippen molar-refractivity contribution < 1.29 is 9.21 Å². The second-order valence-electron chi connectivity index (χ2n) is 6.52. The Bertz CT molecular complexity index is 623. The van der Waals surface area contributed by atoms with Crippen LogP contribution in [0.25, 0.3) is 0 Å². The lowest BCUT2D eigenvalue weighted by molar-refractivity contribution is 0.252. The highest BCUT2D eigenvalue weighted by Crippen LogP contribution is 2.13. The van der Waals surface area contributed by atoms with Crippen LogP contribution < -0.4 is 10.6 Å². The van der Waals surface area contributed by atoms with Crippen LogP contribution in [0, 0.1) is 0 Å². The molecule has 0 atom stereocenters. The molecule has 136 valence electrons. The normalized spacial score (nSPS) is 10.8. The van der Waals surface area contributed by atoms with Crippen LogP contribution in [0.4, 0.5) is 10.5 Å². The highest BCUT2D eigenvalue weighted by molar-refractivity contribution is 5.89. The van der Waals surface area contributed by atoms with Crippen molar-refractivity contribution in [3.05, 3.63) is 54.0 Å². The van der Waals surface area contributed by atoms with E-state index in [1.165, 1.54) is 0 Å². The summed E-state index contributed by atoms with van der Waals surface area (Å²) in [6.45, 7) is 1.54. The van der Waals surface area contributed by atoms with E-state index in [4.69, 9.17) is 4.42 Å². The van der Waals surface area contributed by atoms with E-state index in [1.54, 1.807) is 0 Å². The Kier molecular flexibility index (Phi) is 8.05. The van der Waals surface area contributed by atoms with Gasteiger partial charge >= 0.3 is 6.03 Å². The van der Waals surface area contributed by atoms with Gasteiger partial charge in [0.15, 0.2) is 0 Å². The Morgan fingerprint density at radius 3 is 2.44 bits per heavy atom. The lowest BCUT2D eigenvalue weighted by atomic mass is 10.1. The Morgan fingerprint density at radius 1 is 0.960 bits per heavy atom. The molecular weight excluding hydrogens is 314 g/mol. The lowest BCUT2D eigenvalue weighted by Crippen LogP contribution is -2.29. The first kappa shape index (κ1) is 19.1. The van der Waals surface area contributed by atoms with Gasteiger partial charge in [-0.25, -0.2) is 4.79 Å². The number of carbonyl (C=O) groups excluding carboxylic acids is 1. The molecule has 0 saturated carbocycles. The monoisotopic (exact) mass is 343 g/mol. The summed E-state index contributed by atoms with van der Waals surface area (Å²) in [4.78, 5) is 13.8. The van der Waals surface area contributed by atoms with E-state index in [-0.39, 0.29) is 6.03 Å². The third kappa shape index (κ3) is 7.90. The van der Waals surface area contributed by atoms with Crippen LogP contribution in [0.5, 0.6) is 0 Å². The molecule has 2 aromatic rings. The molecule has 25 heavy (non-hydrogen) atoms. The lowest BCUT2D eigenvalue weighted by Gasteiger charge is -2.07. The molecule has 0 bridgehead atoms. The largest absolute Gasteiger partial charge is 0.465 e. The molecule has 2 rings (SSSR count). The zero-order chi connectivity index (χ0) is 17.9. The second-order valence-corrected chi connectivity index (χ2v) is 6.52. The number of hydrogen-bond donors (Lipinski definition) is 2. The number of aryl methyl sites for hydroxylation is 1. The fraction of sp³-hybridized carbons (Fsp3) is 0.450. The van der Waals surface area contributed by atoms with Crippen molar-refractivity contribution in [2.45, 2.75) is 38.6 Å². The standard InChI is InChI=1S/C20H29N3O2/c1-23(2)16-19-14-13-18(25-19)12-8-3-4-9-15-21-20(24)22-17-10-6-5-7-11-17/h5-7,10-11,13-14H,3-4,8-9,12,15-16H2,1-2H3,(H2,21,22,24). The number of nitrogens with one attached hydrogen (secondary N) is 2. The van der Waals surface area contributed by atoms with Crippen LogP contribution in [-0.4, -0.2) is 31.6 Å². The highest BCUT2D eigenvalue weighted by Gasteiger charge is 2.03. The Morgan fingerprint density at radius 2 is 1.68 bits per heavy atom. The van der Waals surface area contributed by atoms with Gasteiger partial charge in [0.1, 0.15) is 11.5 Å². The summed E-state index contributed by atoms with van der Waals surface area (Å²) >= 11 is 0. The van der Waals surface area contributed by atoms with Crippen molar-refractivity contribution in [2.24, 2.45) is 0 Å². The zero-order valence-electron chi connectivity index (χ0n) is 15.3. The smallest absolute Gasteiger partial charge is 0.319 e. The van der Waals surface area contributed by atoms with Gasteiger partial charge in [-0.3, -0.25) is 0 Å². The molecule has 2 amide bonds. The number of para-hydroxylation sites is 1. The van der Waals surface area contributed by atoms with Gasteiger partial charge in [0.05, 0.1) is 6.54 Å². The van der Waals surface area contributed by atoms with E-state index < -0.39 is 0 Å². The molecular formula is C20H29N3O2. The second kappa shape index (κ2) is 10.6. The number of unbranched alkanes of at least 4 members (excludes halogenated alkanes) is 3. The molecule has 0 aliphatic rings. The summed E-state index contributed by atoms with van der Waals surface area (Å²) < 4.78 is 5.80. The van der Waals surface area contributed by atoms with E-state index >= 15 is 0 Å². The number of urea groups is 1. The number of hydrogen-bond acceptors (Lipinski definition) is 3. The molecule has 1 aromatic heterocycles. The first-order chi connectivity index (χ1) is 12.1. The Balaban J connectivity index is 1.49. The number of anilines is 1. The summed E-state index contributed by atoms with van der Waals surface area (Å²) in [5.41, 5.74) is 0.812. The van der Waals surface area contributed by atoms with Gasteiger partial charge in [0, 0.05) is 18.7 Å². The van der Waals surface area contributed by atoms with Crippen LogP contribution >= 0.6 is 0 Å². The fourth-order valence-corrected chi connectivity index (χ4v) is 2.63. The quantitative estimate of drug-likeness (QED) is 0.634. The molecule has 5 heteroatoms. The molecule has 0 fully saturated rings. The molecule has 1 aromatic carbocycles. The van der Waals surface area contributed by atoms with Crippen molar-refractivity contribution in [3.63, 3.8) is 0 Å². The molecule has 0 spiro atoms. The molecule has 0 aliphatic carbocycles. The predicted octanol–water partition coefficient (Wildman–Crippen LogP) is 4.27. The molecule has 0 saturated heterocycles. The maximum Gasteiger partial charge on any atom is 0.319 e. The van der Waals surface area contributed by atoms with E-state index in [0.29, 0.717) is 6.54 Å². The zero-order valence-corrected chi connectivity index (χ0v) is 15.3. The van der Waals surface area contributed by atoms with Crippen molar-refractivity contribution in [1.82, 2.24) is 10.2 Å². The Labute approximate surface area is 150 Å². The van der Waals surface area contributed by atoms with Gasteiger partial charge in [-0.15, -0.1) is 0 Å². The van der Waals surface area contributed by atoms with E-state index in [0.717, 1.165) is 55.9 Å². The minimum atomic E-state index is -0.143. The van der Waals surface area contributed by atoms with Crippen LogP contribution in [0.2, 0.25) is 0 Å². The van der Waals surface area contributed by atoms with Crippen LogP contribution in [0.3, 0.4) is 0 Å². The number of amides is 2. The summed E-state index contributed by atoms with van der Waals surface area (Å²) in [6, 6.07) is 13.5. The molecule has 0 radical (unpaired) electrons. The molecule has 0 aliphatic heterocycles. The number of rotatable bonds is 10. The van der Waals surface area contributed by atoms with Gasteiger partial charge in [0.2, 0.25) is 0 Å². The molecule has 1 heterocycles. The summed E-state index contributed by atoms with van der Waals surface area (Å²) in [7, 11) is 4.08. The van der Waals surface area contributed by atoms with Crippen molar-refractivity contribution in [1.29, 1.82) is 0 Å². The number of benzene rings is 1. The number of nitrogens with zero attached hydrogens (tertiary/aromatic N) is 1. The molecule has 0 unspecified atom stereocenters. The van der Waals surface area contributed by atoms with Crippen molar-refractivity contribution in [2.75, 3.05) is 26.0 Å². The van der Waals surface area contributed by atoms with Gasteiger partial charge in [-0.2, -0.15) is 0 Å². The third-order valence-corrected chi connectivity index (χ3v) is 3.86. The molecule has 2 N–H and O–H groups in total. The topological polar surface area (TPSA) is 57.5 Å². The maximum absolute atomic E-state index is 11.7. The van der Waals surface area contributed by atoms with E-state index in [1.807, 2.05) is 44.4 Å². The summed E-state index contributed by atoms with van der Waals surface area (Å²) in [6.07, 6.45) is 5.34. The van der Waals surface area contributed by atoms with Crippen LogP contribution in [-0.2, 0) is 13.0 Å². The number of furan rings is 1. The average Bonchev–Trinajstić information content (AvgIpc) is 3.01. The van der Waals surface area contributed by atoms with Gasteiger partial charge in [-0.05, 0) is 51.2 Å². The minimum Gasteiger partial charge on any atom is -0.465 e. The fourth-order valence-electron chi connectivity index (χ4n) is 2.63. The van der Waals surface area contributed by atoms with Crippen LogP contribution in [0.15, 0.2) is 46.9 Å². The van der Waals surface area contributed by atoms with Gasteiger partial charge in [-0.1, -0.05) is 31.0 Å². The number of carbonyl (C=O) groups is 1. The Hall–Kier alpha value is -2.27. The van der Waals surface area contributed by atoms with Crippen molar-refractivity contribution >= 4 is 11.7 Å². The summed E-state index contributed by atoms with van der Waals surface area (Å²) in [5.74, 6) is 2.09.